The van der Waals surface area contributed by atoms with Crippen molar-refractivity contribution in [2.24, 2.45) is 0 Å². The smallest absolute Gasteiger partial charge is 0.251 e. The number of nitrogen functional groups attached to an aromatic ring is 2. The van der Waals surface area contributed by atoms with Crippen LogP contribution in [-0.2, 0) is 6.54 Å². The summed E-state index contributed by atoms with van der Waals surface area (Å²) in [7, 11) is 0. The number of nitrogens with two attached hydrogens (primary N) is 2. The minimum absolute atomic E-state index is 0.215. The highest BCUT2D eigenvalue weighted by atomic mass is 16.3. The largest absolute Gasteiger partial charge is 0.467 e. The molecule has 88 valence electrons. The number of hydrogen-bond acceptors (Lipinski definition) is 4. The van der Waals surface area contributed by atoms with Crippen LogP contribution < -0.4 is 16.8 Å². The Bertz CT molecular complexity index is 521. The van der Waals surface area contributed by atoms with E-state index in [0.29, 0.717) is 29.2 Å². The molecule has 1 aromatic carbocycles. The Hall–Kier alpha value is -2.43. The summed E-state index contributed by atoms with van der Waals surface area (Å²) in [5, 5.41) is 2.72. The highest BCUT2D eigenvalue weighted by Crippen LogP contribution is 2.15. The van der Waals surface area contributed by atoms with Gasteiger partial charge in [0.25, 0.3) is 5.91 Å². The lowest BCUT2D eigenvalue weighted by molar-refractivity contribution is 0.0948. The Labute approximate surface area is 98.4 Å². The monoisotopic (exact) mass is 231 g/mol. The molecule has 2 aromatic rings. The van der Waals surface area contributed by atoms with E-state index in [2.05, 4.69) is 5.32 Å². The molecular weight excluding hydrogens is 218 g/mol. The minimum Gasteiger partial charge on any atom is -0.467 e. The first-order valence-corrected chi connectivity index (χ1v) is 5.12. The molecular formula is C12H13N3O2. The van der Waals surface area contributed by atoms with Crippen LogP contribution in [0.4, 0.5) is 11.4 Å². The highest BCUT2D eigenvalue weighted by Gasteiger charge is 2.07. The molecule has 0 aliphatic carbocycles. The zero-order chi connectivity index (χ0) is 12.3. The van der Waals surface area contributed by atoms with Crippen LogP contribution in [0.1, 0.15) is 16.1 Å². The topological polar surface area (TPSA) is 94.3 Å². The molecule has 0 spiro atoms. The van der Waals surface area contributed by atoms with Gasteiger partial charge in [-0.15, -0.1) is 0 Å². The maximum Gasteiger partial charge on any atom is 0.251 e. The normalized spacial score (nSPS) is 10.1. The summed E-state index contributed by atoms with van der Waals surface area (Å²) in [6.07, 6.45) is 1.56. The van der Waals surface area contributed by atoms with Crippen LogP contribution in [0.25, 0.3) is 0 Å². The van der Waals surface area contributed by atoms with Crippen LogP contribution in [0, 0.1) is 0 Å². The van der Waals surface area contributed by atoms with Crippen molar-refractivity contribution in [2.45, 2.75) is 6.54 Å². The average Bonchev–Trinajstić information content (AvgIpc) is 2.82. The Morgan fingerprint density at radius 1 is 1.24 bits per heavy atom. The summed E-state index contributed by atoms with van der Waals surface area (Å²) in [5.41, 5.74) is 12.5. The Balaban J connectivity index is 2.02. The van der Waals surface area contributed by atoms with Gasteiger partial charge in [-0.25, -0.2) is 0 Å². The number of anilines is 2. The van der Waals surface area contributed by atoms with Crippen molar-refractivity contribution in [3.8, 4) is 0 Å². The standard InChI is InChI=1S/C12H13N3O2/c13-10-4-3-8(6-11(10)14)12(16)15-7-9-2-1-5-17-9/h1-6H,7,13-14H2,(H,15,16). The second kappa shape index (κ2) is 4.61. The molecule has 0 fully saturated rings. The van der Waals surface area contributed by atoms with E-state index in [0.717, 1.165) is 0 Å². The number of rotatable bonds is 3. The molecule has 5 nitrogen and oxygen atoms in total. The van der Waals surface area contributed by atoms with Crippen molar-refractivity contribution in [3.05, 3.63) is 47.9 Å². The zero-order valence-corrected chi connectivity index (χ0v) is 9.14. The van der Waals surface area contributed by atoms with E-state index in [1.54, 1.807) is 36.6 Å². The van der Waals surface area contributed by atoms with Crippen molar-refractivity contribution in [1.29, 1.82) is 0 Å². The van der Waals surface area contributed by atoms with Crippen molar-refractivity contribution >= 4 is 17.3 Å². The Morgan fingerprint density at radius 3 is 2.71 bits per heavy atom. The van der Waals surface area contributed by atoms with Crippen LogP contribution in [0.5, 0.6) is 0 Å². The number of carbonyl (C=O) groups is 1. The molecule has 5 heteroatoms. The van der Waals surface area contributed by atoms with Crippen molar-refractivity contribution in [1.82, 2.24) is 5.32 Å². The molecule has 0 bridgehead atoms. The molecule has 1 heterocycles. The van der Waals surface area contributed by atoms with E-state index in [1.165, 1.54) is 0 Å². The Morgan fingerprint density at radius 2 is 2.06 bits per heavy atom. The summed E-state index contributed by atoms with van der Waals surface area (Å²) in [5.74, 6) is 0.481. The van der Waals surface area contributed by atoms with Crippen LogP contribution >= 0.6 is 0 Å². The van der Waals surface area contributed by atoms with Crippen LogP contribution in [0.2, 0.25) is 0 Å². The van der Waals surface area contributed by atoms with E-state index in [9.17, 15) is 4.79 Å². The van der Waals surface area contributed by atoms with Gasteiger partial charge in [0.05, 0.1) is 24.2 Å². The molecule has 0 saturated carbocycles. The minimum atomic E-state index is -0.215. The first-order valence-electron chi connectivity index (χ1n) is 5.12. The van der Waals surface area contributed by atoms with Crippen LogP contribution in [0.3, 0.4) is 0 Å². The first-order chi connectivity index (χ1) is 8.16. The van der Waals surface area contributed by atoms with Gasteiger partial charge in [0.2, 0.25) is 0 Å². The van der Waals surface area contributed by atoms with Gasteiger partial charge in [0.15, 0.2) is 0 Å². The fraction of sp³-hybridized carbons (Fsp3) is 0.0833. The molecule has 0 unspecified atom stereocenters. The summed E-state index contributed by atoms with van der Waals surface area (Å²) in [4.78, 5) is 11.8. The molecule has 0 aliphatic heterocycles. The third-order valence-electron chi connectivity index (χ3n) is 2.35. The van der Waals surface area contributed by atoms with Crippen molar-refractivity contribution < 1.29 is 9.21 Å². The third kappa shape index (κ3) is 2.57. The van der Waals surface area contributed by atoms with E-state index < -0.39 is 0 Å². The SMILES string of the molecule is Nc1ccc(C(=O)NCc2ccco2)cc1N. The van der Waals surface area contributed by atoms with Gasteiger partial charge >= 0.3 is 0 Å². The third-order valence-corrected chi connectivity index (χ3v) is 2.35. The quantitative estimate of drug-likeness (QED) is 0.695. The zero-order valence-electron chi connectivity index (χ0n) is 9.14. The second-order valence-corrected chi connectivity index (χ2v) is 3.61. The van der Waals surface area contributed by atoms with Gasteiger partial charge in [0.1, 0.15) is 5.76 Å². The number of benzene rings is 1. The first kappa shape index (κ1) is 11.1. The van der Waals surface area contributed by atoms with E-state index in [-0.39, 0.29) is 5.91 Å². The molecule has 2 rings (SSSR count). The van der Waals surface area contributed by atoms with Gasteiger partial charge in [-0.2, -0.15) is 0 Å². The maximum atomic E-state index is 11.8. The number of amides is 1. The summed E-state index contributed by atoms with van der Waals surface area (Å²) < 4.78 is 5.10. The van der Waals surface area contributed by atoms with Gasteiger partial charge in [-0.1, -0.05) is 0 Å². The molecule has 5 N–H and O–H groups in total. The molecule has 0 saturated heterocycles. The van der Waals surface area contributed by atoms with Crippen molar-refractivity contribution in [3.63, 3.8) is 0 Å². The highest BCUT2D eigenvalue weighted by molar-refractivity contribution is 5.95. The van der Waals surface area contributed by atoms with E-state index in [4.69, 9.17) is 15.9 Å². The fourth-order valence-electron chi connectivity index (χ4n) is 1.40. The summed E-state index contributed by atoms with van der Waals surface area (Å²) in [6, 6.07) is 8.34. The van der Waals surface area contributed by atoms with E-state index >= 15 is 0 Å². The average molecular weight is 231 g/mol. The fourth-order valence-corrected chi connectivity index (χ4v) is 1.40. The maximum absolute atomic E-state index is 11.8. The summed E-state index contributed by atoms with van der Waals surface area (Å²) >= 11 is 0. The second-order valence-electron chi connectivity index (χ2n) is 3.61. The molecule has 1 amide bonds. The Kier molecular flexibility index (Phi) is 3.00. The van der Waals surface area contributed by atoms with Gasteiger partial charge < -0.3 is 21.2 Å². The number of hydrogen-bond donors (Lipinski definition) is 3. The van der Waals surface area contributed by atoms with Crippen LogP contribution in [-0.4, -0.2) is 5.91 Å². The van der Waals surface area contributed by atoms with E-state index in [1.807, 2.05) is 0 Å². The van der Waals surface area contributed by atoms with Gasteiger partial charge in [-0.3, -0.25) is 4.79 Å². The van der Waals surface area contributed by atoms with Crippen LogP contribution in [0.15, 0.2) is 41.0 Å². The number of carbonyl (C=O) groups excluding carboxylic acids is 1. The predicted molar refractivity (Wildman–Crippen MR) is 65.1 cm³/mol. The molecule has 0 aliphatic rings. The lowest BCUT2D eigenvalue weighted by Gasteiger charge is -2.05. The van der Waals surface area contributed by atoms with Gasteiger partial charge in [0, 0.05) is 5.56 Å². The number of nitrogens with one attached hydrogen (secondary N) is 1. The molecule has 0 atom stereocenters. The summed E-state index contributed by atoms with van der Waals surface area (Å²) in [6.45, 7) is 0.343. The van der Waals surface area contributed by atoms with Gasteiger partial charge in [-0.05, 0) is 30.3 Å². The molecule has 0 radical (unpaired) electrons. The molecule has 1 aromatic heterocycles. The lowest BCUT2D eigenvalue weighted by Crippen LogP contribution is -2.22. The molecule has 17 heavy (non-hydrogen) atoms. The predicted octanol–water partition coefficient (Wildman–Crippen LogP) is 1.37. The van der Waals surface area contributed by atoms with Crippen molar-refractivity contribution in [2.75, 3.05) is 11.5 Å². The lowest BCUT2D eigenvalue weighted by atomic mass is 10.1. The number of furan rings is 1.